The zero-order valence-corrected chi connectivity index (χ0v) is 9.42. The maximum absolute atomic E-state index is 5.71. The predicted molar refractivity (Wildman–Crippen MR) is 56.9 cm³/mol. The normalized spacial score (nSPS) is 14.1. The van der Waals surface area contributed by atoms with Crippen molar-refractivity contribution in [2.45, 2.75) is 39.3 Å². The summed E-state index contributed by atoms with van der Waals surface area (Å²) in [5.41, 5.74) is 5.71. The highest BCUT2D eigenvalue weighted by Gasteiger charge is 2.17. The SMILES string of the molecule is CCC(CN)N(CCOC)C(C)C. The first-order valence-electron chi connectivity index (χ1n) is 5.12. The van der Waals surface area contributed by atoms with E-state index in [1.165, 1.54) is 0 Å². The van der Waals surface area contributed by atoms with Gasteiger partial charge in [0.2, 0.25) is 0 Å². The number of hydrogen-bond donors (Lipinski definition) is 1. The fraction of sp³-hybridized carbons (Fsp3) is 1.00. The van der Waals surface area contributed by atoms with Gasteiger partial charge in [0.25, 0.3) is 0 Å². The lowest BCUT2D eigenvalue weighted by molar-refractivity contribution is 0.0964. The van der Waals surface area contributed by atoms with Gasteiger partial charge in [0.15, 0.2) is 0 Å². The zero-order chi connectivity index (χ0) is 10.3. The molecule has 0 aliphatic heterocycles. The molecule has 0 aliphatic carbocycles. The summed E-state index contributed by atoms with van der Waals surface area (Å²) in [7, 11) is 1.74. The minimum Gasteiger partial charge on any atom is -0.383 e. The van der Waals surface area contributed by atoms with Gasteiger partial charge in [0, 0.05) is 32.3 Å². The molecular formula is C10H24N2O. The number of ether oxygens (including phenoxy) is 1. The van der Waals surface area contributed by atoms with Crippen molar-refractivity contribution >= 4 is 0 Å². The van der Waals surface area contributed by atoms with E-state index in [0.29, 0.717) is 12.1 Å². The average molecular weight is 188 g/mol. The van der Waals surface area contributed by atoms with Crippen LogP contribution in [-0.4, -0.2) is 43.8 Å². The van der Waals surface area contributed by atoms with Crippen LogP contribution < -0.4 is 5.73 Å². The molecule has 0 saturated heterocycles. The molecule has 3 nitrogen and oxygen atoms in total. The van der Waals surface area contributed by atoms with E-state index in [-0.39, 0.29) is 0 Å². The third kappa shape index (κ3) is 4.60. The molecule has 0 aromatic heterocycles. The van der Waals surface area contributed by atoms with Crippen molar-refractivity contribution in [3.8, 4) is 0 Å². The molecule has 0 bridgehead atoms. The molecule has 0 aromatic rings. The van der Waals surface area contributed by atoms with Crippen molar-refractivity contribution < 1.29 is 4.74 Å². The molecule has 0 heterocycles. The summed E-state index contributed by atoms with van der Waals surface area (Å²) in [4.78, 5) is 2.41. The summed E-state index contributed by atoms with van der Waals surface area (Å²) in [5, 5.41) is 0. The minimum atomic E-state index is 0.496. The number of methoxy groups -OCH3 is 1. The first kappa shape index (κ1) is 12.9. The van der Waals surface area contributed by atoms with Crippen LogP contribution in [0.5, 0.6) is 0 Å². The molecule has 2 N–H and O–H groups in total. The van der Waals surface area contributed by atoms with Gasteiger partial charge in [-0.05, 0) is 20.3 Å². The summed E-state index contributed by atoms with van der Waals surface area (Å²) in [6, 6.07) is 1.04. The lowest BCUT2D eigenvalue weighted by Crippen LogP contribution is -2.45. The van der Waals surface area contributed by atoms with Crippen molar-refractivity contribution in [3.63, 3.8) is 0 Å². The maximum atomic E-state index is 5.71. The summed E-state index contributed by atoms with van der Waals surface area (Å²) < 4.78 is 5.08. The third-order valence-corrected chi connectivity index (χ3v) is 2.43. The Kier molecular flexibility index (Phi) is 7.23. The van der Waals surface area contributed by atoms with Gasteiger partial charge in [-0.2, -0.15) is 0 Å². The topological polar surface area (TPSA) is 38.5 Å². The molecule has 0 fully saturated rings. The van der Waals surface area contributed by atoms with Gasteiger partial charge in [0.05, 0.1) is 6.61 Å². The first-order valence-corrected chi connectivity index (χ1v) is 5.12. The molecular weight excluding hydrogens is 164 g/mol. The van der Waals surface area contributed by atoms with Crippen molar-refractivity contribution in [2.24, 2.45) is 5.73 Å². The van der Waals surface area contributed by atoms with Gasteiger partial charge in [-0.15, -0.1) is 0 Å². The van der Waals surface area contributed by atoms with E-state index < -0.39 is 0 Å². The molecule has 0 radical (unpaired) electrons. The van der Waals surface area contributed by atoms with Crippen LogP contribution in [0.1, 0.15) is 27.2 Å². The molecule has 1 atom stereocenters. The van der Waals surface area contributed by atoms with Crippen LogP contribution in [0.4, 0.5) is 0 Å². The van der Waals surface area contributed by atoms with E-state index in [4.69, 9.17) is 10.5 Å². The van der Waals surface area contributed by atoms with Crippen LogP contribution in [-0.2, 0) is 4.74 Å². The van der Waals surface area contributed by atoms with Crippen LogP contribution >= 0.6 is 0 Å². The lowest BCUT2D eigenvalue weighted by atomic mass is 10.1. The molecule has 3 heteroatoms. The fourth-order valence-electron chi connectivity index (χ4n) is 1.60. The summed E-state index contributed by atoms with van der Waals surface area (Å²) in [6.45, 7) is 9.08. The Morgan fingerprint density at radius 3 is 2.31 bits per heavy atom. The van der Waals surface area contributed by atoms with E-state index in [1.54, 1.807) is 7.11 Å². The van der Waals surface area contributed by atoms with Crippen LogP contribution in [0.3, 0.4) is 0 Å². The van der Waals surface area contributed by atoms with Gasteiger partial charge in [-0.3, -0.25) is 4.90 Å². The average Bonchev–Trinajstić information content (AvgIpc) is 2.11. The lowest BCUT2D eigenvalue weighted by Gasteiger charge is -2.33. The van der Waals surface area contributed by atoms with Crippen LogP contribution in [0.15, 0.2) is 0 Å². The predicted octanol–water partition coefficient (Wildman–Crippen LogP) is 1.08. The standard InChI is InChI=1S/C10H24N2O/c1-5-10(8-11)12(9(2)3)6-7-13-4/h9-10H,5-8,11H2,1-4H3. The van der Waals surface area contributed by atoms with E-state index in [0.717, 1.165) is 26.1 Å². The zero-order valence-electron chi connectivity index (χ0n) is 9.42. The second kappa shape index (κ2) is 7.30. The Morgan fingerprint density at radius 1 is 1.38 bits per heavy atom. The Hall–Kier alpha value is -0.120. The summed E-state index contributed by atoms with van der Waals surface area (Å²) >= 11 is 0. The Bertz CT molecular complexity index is 113. The Balaban J connectivity index is 4.04. The van der Waals surface area contributed by atoms with Crippen LogP contribution in [0.2, 0.25) is 0 Å². The third-order valence-electron chi connectivity index (χ3n) is 2.43. The molecule has 0 aliphatic rings. The van der Waals surface area contributed by atoms with Crippen molar-refractivity contribution in [2.75, 3.05) is 26.8 Å². The van der Waals surface area contributed by atoms with Gasteiger partial charge < -0.3 is 10.5 Å². The smallest absolute Gasteiger partial charge is 0.0589 e. The van der Waals surface area contributed by atoms with Crippen molar-refractivity contribution in [3.05, 3.63) is 0 Å². The maximum Gasteiger partial charge on any atom is 0.0589 e. The molecule has 1 unspecified atom stereocenters. The van der Waals surface area contributed by atoms with Gasteiger partial charge >= 0.3 is 0 Å². The molecule has 80 valence electrons. The first-order chi connectivity index (χ1) is 6.17. The number of nitrogens with two attached hydrogens (primary N) is 1. The highest BCUT2D eigenvalue weighted by molar-refractivity contribution is 4.74. The molecule has 0 saturated carbocycles. The van der Waals surface area contributed by atoms with Crippen molar-refractivity contribution in [1.29, 1.82) is 0 Å². The van der Waals surface area contributed by atoms with Gasteiger partial charge in [-0.1, -0.05) is 6.92 Å². The Labute approximate surface area is 82.2 Å². The largest absolute Gasteiger partial charge is 0.383 e. The summed E-state index contributed by atoms with van der Waals surface area (Å²) in [5.74, 6) is 0. The van der Waals surface area contributed by atoms with Gasteiger partial charge in [-0.25, -0.2) is 0 Å². The number of nitrogens with zero attached hydrogens (tertiary/aromatic N) is 1. The highest BCUT2D eigenvalue weighted by atomic mass is 16.5. The van der Waals surface area contributed by atoms with Gasteiger partial charge in [0.1, 0.15) is 0 Å². The number of rotatable bonds is 7. The molecule has 13 heavy (non-hydrogen) atoms. The summed E-state index contributed by atoms with van der Waals surface area (Å²) in [6.07, 6.45) is 1.11. The van der Waals surface area contributed by atoms with Crippen LogP contribution in [0, 0.1) is 0 Å². The van der Waals surface area contributed by atoms with Crippen LogP contribution in [0.25, 0.3) is 0 Å². The molecule has 0 spiro atoms. The van der Waals surface area contributed by atoms with E-state index in [2.05, 4.69) is 25.7 Å². The molecule has 0 rings (SSSR count). The minimum absolute atomic E-state index is 0.496. The second-order valence-corrected chi connectivity index (χ2v) is 3.62. The van der Waals surface area contributed by atoms with E-state index in [1.807, 2.05) is 0 Å². The number of hydrogen-bond acceptors (Lipinski definition) is 3. The second-order valence-electron chi connectivity index (χ2n) is 3.62. The quantitative estimate of drug-likeness (QED) is 0.650. The Morgan fingerprint density at radius 2 is 2.00 bits per heavy atom. The molecule has 0 amide bonds. The van der Waals surface area contributed by atoms with E-state index in [9.17, 15) is 0 Å². The molecule has 0 aromatic carbocycles. The monoisotopic (exact) mass is 188 g/mol. The highest BCUT2D eigenvalue weighted by Crippen LogP contribution is 2.07. The van der Waals surface area contributed by atoms with E-state index >= 15 is 0 Å². The fourth-order valence-corrected chi connectivity index (χ4v) is 1.60. The van der Waals surface area contributed by atoms with Crippen molar-refractivity contribution in [1.82, 2.24) is 4.90 Å².